The van der Waals surface area contributed by atoms with Crippen LogP contribution in [-0.4, -0.2) is 8.42 Å². The van der Waals surface area contributed by atoms with E-state index in [2.05, 4.69) is 4.72 Å². The van der Waals surface area contributed by atoms with E-state index in [1.807, 2.05) is 79.7 Å². The highest BCUT2D eigenvalue weighted by Crippen LogP contribution is 2.21. The summed E-state index contributed by atoms with van der Waals surface area (Å²) in [6.45, 7) is 1.94. The lowest BCUT2D eigenvalue weighted by atomic mass is 10.0. The normalized spacial score (nSPS) is 12.9. The first-order valence-corrected chi connectivity index (χ1v) is 10.4. The lowest BCUT2D eigenvalue weighted by molar-refractivity contribution is 0.558. The van der Waals surface area contributed by atoms with Crippen molar-refractivity contribution < 1.29 is 8.42 Å². The molecular formula is C23H23NO2S. The smallest absolute Gasteiger partial charge is 0.207 e. The SMILES string of the molecule is Cc1ccc(S(=O)(=O)N[C@H](C/C=C\c2ccccc2)c2ccccc2)cc1. The monoisotopic (exact) mass is 377 g/mol. The molecule has 0 aromatic heterocycles. The van der Waals surface area contributed by atoms with Gasteiger partial charge in [0.05, 0.1) is 10.9 Å². The molecule has 3 nitrogen and oxygen atoms in total. The molecule has 1 N–H and O–H groups in total. The first-order valence-electron chi connectivity index (χ1n) is 8.90. The second-order valence-electron chi connectivity index (χ2n) is 6.45. The summed E-state index contributed by atoms with van der Waals surface area (Å²) in [5.74, 6) is 0. The first kappa shape index (κ1) is 19.1. The van der Waals surface area contributed by atoms with Crippen molar-refractivity contribution in [1.29, 1.82) is 0 Å². The molecule has 0 radical (unpaired) electrons. The van der Waals surface area contributed by atoms with Crippen LogP contribution in [0.2, 0.25) is 0 Å². The number of nitrogens with one attached hydrogen (secondary N) is 1. The Hall–Kier alpha value is -2.69. The van der Waals surface area contributed by atoms with Crippen molar-refractivity contribution in [1.82, 2.24) is 4.72 Å². The van der Waals surface area contributed by atoms with Crippen LogP contribution in [0.25, 0.3) is 6.08 Å². The average Bonchev–Trinajstić information content (AvgIpc) is 2.69. The van der Waals surface area contributed by atoms with Gasteiger partial charge in [-0.15, -0.1) is 0 Å². The minimum atomic E-state index is -3.60. The Morgan fingerprint density at radius 3 is 2.07 bits per heavy atom. The Morgan fingerprint density at radius 2 is 1.44 bits per heavy atom. The quantitative estimate of drug-likeness (QED) is 0.621. The zero-order valence-corrected chi connectivity index (χ0v) is 16.1. The molecule has 0 saturated heterocycles. The molecule has 0 fully saturated rings. The highest BCUT2D eigenvalue weighted by Gasteiger charge is 2.20. The standard InChI is InChI=1S/C23H23NO2S/c1-19-15-17-22(18-16-19)27(25,26)24-23(21-12-6-3-7-13-21)14-8-11-20-9-4-2-5-10-20/h2-13,15-18,23-24H,14H2,1H3/b11-8-/t23-/m1/s1. The number of sulfonamides is 1. The Bertz CT molecular complexity index is 980. The summed E-state index contributed by atoms with van der Waals surface area (Å²) in [7, 11) is -3.60. The summed E-state index contributed by atoms with van der Waals surface area (Å²) in [5, 5.41) is 0. The highest BCUT2D eigenvalue weighted by molar-refractivity contribution is 7.89. The van der Waals surface area contributed by atoms with Gasteiger partial charge in [0, 0.05) is 0 Å². The summed E-state index contributed by atoms with van der Waals surface area (Å²) >= 11 is 0. The van der Waals surface area contributed by atoms with Crippen molar-refractivity contribution in [2.75, 3.05) is 0 Å². The average molecular weight is 378 g/mol. The second kappa shape index (κ2) is 8.80. The molecule has 3 aromatic carbocycles. The maximum absolute atomic E-state index is 12.8. The van der Waals surface area contributed by atoms with Gasteiger partial charge in [-0.2, -0.15) is 0 Å². The van der Waals surface area contributed by atoms with Gasteiger partial charge in [-0.25, -0.2) is 13.1 Å². The predicted molar refractivity (Wildman–Crippen MR) is 111 cm³/mol. The lowest BCUT2D eigenvalue weighted by Crippen LogP contribution is -2.28. The fourth-order valence-electron chi connectivity index (χ4n) is 2.81. The van der Waals surface area contributed by atoms with E-state index < -0.39 is 10.0 Å². The molecular weight excluding hydrogens is 354 g/mol. The largest absolute Gasteiger partial charge is 0.241 e. The number of hydrogen-bond acceptors (Lipinski definition) is 2. The Morgan fingerprint density at radius 1 is 0.852 bits per heavy atom. The van der Waals surface area contributed by atoms with Crippen LogP contribution in [0.15, 0.2) is 95.9 Å². The molecule has 0 aliphatic heterocycles. The summed E-state index contributed by atoms with van der Waals surface area (Å²) < 4.78 is 28.5. The molecule has 0 aliphatic carbocycles. The highest BCUT2D eigenvalue weighted by atomic mass is 32.2. The summed E-state index contributed by atoms with van der Waals surface area (Å²) in [4.78, 5) is 0.279. The third-order valence-corrected chi connectivity index (χ3v) is 5.80. The minimum Gasteiger partial charge on any atom is -0.207 e. The van der Waals surface area contributed by atoms with Gasteiger partial charge in [-0.05, 0) is 36.6 Å². The van der Waals surface area contributed by atoms with E-state index in [0.717, 1.165) is 16.7 Å². The van der Waals surface area contributed by atoms with E-state index in [0.29, 0.717) is 6.42 Å². The summed E-state index contributed by atoms with van der Waals surface area (Å²) in [6, 6.07) is 26.2. The van der Waals surface area contributed by atoms with Gasteiger partial charge < -0.3 is 0 Å². The molecule has 0 unspecified atom stereocenters. The van der Waals surface area contributed by atoms with E-state index in [4.69, 9.17) is 0 Å². The molecule has 0 heterocycles. The van der Waals surface area contributed by atoms with Gasteiger partial charge >= 0.3 is 0 Å². The van der Waals surface area contributed by atoms with Crippen LogP contribution in [0, 0.1) is 6.92 Å². The molecule has 0 spiro atoms. The van der Waals surface area contributed by atoms with Crippen LogP contribution in [0.1, 0.15) is 29.2 Å². The van der Waals surface area contributed by atoms with E-state index in [1.54, 1.807) is 24.3 Å². The molecule has 138 valence electrons. The van der Waals surface area contributed by atoms with E-state index in [9.17, 15) is 8.42 Å². The van der Waals surface area contributed by atoms with Crippen LogP contribution in [-0.2, 0) is 10.0 Å². The topological polar surface area (TPSA) is 46.2 Å². The Labute approximate surface area is 161 Å². The van der Waals surface area contributed by atoms with E-state index in [-0.39, 0.29) is 10.9 Å². The van der Waals surface area contributed by atoms with Crippen molar-refractivity contribution in [3.8, 4) is 0 Å². The molecule has 0 amide bonds. The molecule has 4 heteroatoms. The maximum Gasteiger partial charge on any atom is 0.241 e. The number of rotatable bonds is 7. The van der Waals surface area contributed by atoms with Crippen molar-refractivity contribution in [2.45, 2.75) is 24.3 Å². The number of aryl methyl sites for hydroxylation is 1. The van der Waals surface area contributed by atoms with Gasteiger partial charge in [-0.1, -0.05) is 90.5 Å². The molecule has 1 atom stereocenters. The Kier molecular flexibility index (Phi) is 6.22. The lowest BCUT2D eigenvalue weighted by Gasteiger charge is -2.18. The van der Waals surface area contributed by atoms with Gasteiger partial charge in [0.2, 0.25) is 10.0 Å². The summed E-state index contributed by atoms with van der Waals surface area (Å²) in [6.07, 6.45) is 4.57. The fourth-order valence-corrected chi connectivity index (χ4v) is 4.05. The van der Waals surface area contributed by atoms with Crippen LogP contribution >= 0.6 is 0 Å². The molecule has 0 saturated carbocycles. The molecule has 3 rings (SSSR count). The van der Waals surface area contributed by atoms with Crippen LogP contribution in [0.5, 0.6) is 0 Å². The molecule has 3 aromatic rings. The fraction of sp³-hybridized carbons (Fsp3) is 0.130. The molecule has 0 bridgehead atoms. The van der Waals surface area contributed by atoms with E-state index >= 15 is 0 Å². The van der Waals surface area contributed by atoms with Gasteiger partial charge in [-0.3, -0.25) is 0 Å². The van der Waals surface area contributed by atoms with Crippen LogP contribution < -0.4 is 4.72 Å². The zero-order valence-electron chi connectivity index (χ0n) is 15.2. The van der Waals surface area contributed by atoms with Crippen molar-refractivity contribution >= 4 is 16.1 Å². The van der Waals surface area contributed by atoms with Gasteiger partial charge in [0.25, 0.3) is 0 Å². The zero-order chi connectivity index (χ0) is 19.1. The third-order valence-electron chi connectivity index (χ3n) is 4.31. The summed E-state index contributed by atoms with van der Waals surface area (Å²) in [5.41, 5.74) is 3.05. The van der Waals surface area contributed by atoms with Gasteiger partial charge in [0.15, 0.2) is 0 Å². The minimum absolute atomic E-state index is 0.279. The molecule has 27 heavy (non-hydrogen) atoms. The van der Waals surface area contributed by atoms with Gasteiger partial charge in [0.1, 0.15) is 0 Å². The molecule has 0 aliphatic rings. The van der Waals surface area contributed by atoms with Crippen molar-refractivity contribution in [2.24, 2.45) is 0 Å². The van der Waals surface area contributed by atoms with Crippen molar-refractivity contribution in [3.63, 3.8) is 0 Å². The third kappa shape index (κ3) is 5.39. The Balaban J connectivity index is 1.82. The van der Waals surface area contributed by atoms with Crippen LogP contribution in [0.3, 0.4) is 0 Å². The predicted octanol–water partition coefficient (Wildman–Crippen LogP) is 5.12. The number of hydrogen-bond donors (Lipinski definition) is 1. The van der Waals surface area contributed by atoms with E-state index in [1.165, 1.54) is 0 Å². The maximum atomic E-state index is 12.8. The van der Waals surface area contributed by atoms with Crippen molar-refractivity contribution in [3.05, 3.63) is 108 Å². The van der Waals surface area contributed by atoms with Crippen LogP contribution in [0.4, 0.5) is 0 Å². The second-order valence-corrected chi connectivity index (χ2v) is 8.16. The number of benzene rings is 3. The first-order chi connectivity index (χ1) is 13.0.